The molecule has 0 bridgehead atoms. The Bertz CT molecular complexity index is 660. The highest BCUT2D eigenvalue weighted by molar-refractivity contribution is 5.60. The number of nitrogens with zero attached hydrogens (tertiary/aromatic N) is 1. The number of nitrogens with one attached hydrogen (secondary N) is 1. The third kappa shape index (κ3) is 1.75. The Hall–Kier alpha value is -2.09. The van der Waals surface area contributed by atoms with E-state index < -0.39 is 0 Å². The van der Waals surface area contributed by atoms with Gasteiger partial charge in [0.1, 0.15) is 0 Å². The molecule has 0 amide bonds. The lowest BCUT2D eigenvalue weighted by molar-refractivity contribution is 0.419. The number of fused-ring (bicyclic) bond motifs is 3. The lowest BCUT2D eigenvalue weighted by atomic mass is 9.78. The zero-order valence-electron chi connectivity index (χ0n) is 11.6. The molecule has 3 atom stereocenters. The summed E-state index contributed by atoms with van der Waals surface area (Å²) in [5, 5.41) is 3.71. The van der Waals surface area contributed by atoms with Gasteiger partial charge in [-0.2, -0.15) is 0 Å². The summed E-state index contributed by atoms with van der Waals surface area (Å²) in [7, 11) is 0. The topological polar surface area (TPSA) is 24.9 Å². The summed E-state index contributed by atoms with van der Waals surface area (Å²) in [6.45, 7) is 2.17. The number of pyridine rings is 1. The molecular formula is C18H18N2. The summed E-state index contributed by atoms with van der Waals surface area (Å²) in [6, 6.07) is 13.2. The van der Waals surface area contributed by atoms with Gasteiger partial charge in [-0.25, -0.2) is 0 Å². The maximum Gasteiger partial charge on any atom is 0.0725 e. The number of anilines is 1. The van der Waals surface area contributed by atoms with Crippen LogP contribution >= 0.6 is 0 Å². The van der Waals surface area contributed by atoms with Crippen LogP contribution in [0.1, 0.15) is 35.2 Å². The minimum absolute atomic E-state index is 0.311. The van der Waals surface area contributed by atoms with Gasteiger partial charge < -0.3 is 5.32 Å². The van der Waals surface area contributed by atoms with Crippen molar-refractivity contribution in [3.8, 4) is 0 Å². The molecule has 0 fully saturated rings. The fraction of sp³-hybridized carbons (Fsp3) is 0.278. The average Bonchev–Trinajstić information content (AvgIpc) is 2.97. The molecule has 1 aliphatic carbocycles. The fourth-order valence-corrected chi connectivity index (χ4v) is 3.57. The van der Waals surface area contributed by atoms with E-state index in [9.17, 15) is 0 Å². The van der Waals surface area contributed by atoms with Crippen molar-refractivity contribution in [1.29, 1.82) is 0 Å². The van der Waals surface area contributed by atoms with Gasteiger partial charge in [-0.1, -0.05) is 35.9 Å². The minimum atomic E-state index is 0.311. The molecule has 2 heterocycles. The van der Waals surface area contributed by atoms with Crippen LogP contribution in [-0.2, 0) is 0 Å². The van der Waals surface area contributed by atoms with Crippen LogP contribution in [0.2, 0.25) is 0 Å². The molecule has 2 heteroatoms. The molecule has 2 aromatic rings. The van der Waals surface area contributed by atoms with Gasteiger partial charge in [0.25, 0.3) is 0 Å². The van der Waals surface area contributed by atoms with Crippen LogP contribution < -0.4 is 5.32 Å². The first kappa shape index (κ1) is 11.7. The highest BCUT2D eigenvalue weighted by Gasteiger charge is 2.38. The summed E-state index contributed by atoms with van der Waals surface area (Å²) in [6.07, 6.45) is 7.72. The molecule has 0 unspecified atom stereocenters. The van der Waals surface area contributed by atoms with E-state index in [1.165, 1.54) is 16.8 Å². The minimum Gasteiger partial charge on any atom is -0.376 e. The Morgan fingerprint density at radius 3 is 3.00 bits per heavy atom. The third-order valence-corrected chi connectivity index (χ3v) is 4.52. The summed E-state index contributed by atoms with van der Waals surface area (Å²) < 4.78 is 0. The standard InChI is InChI=1S/C18H18N2/c1-12-8-9-16-15(11-12)13-5-4-6-14(13)18(20-16)17-7-2-3-10-19-17/h2-5,7-11,13-14,18,20H,6H2,1H3/t13-,14+,18-/m1/s1. The summed E-state index contributed by atoms with van der Waals surface area (Å²) in [5.41, 5.74) is 5.19. The SMILES string of the molecule is Cc1ccc2c(c1)[C@@H]1C=CC[C@@H]1[C@H](c1ccccn1)N2. The van der Waals surface area contributed by atoms with Crippen LogP contribution in [0.5, 0.6) is 0 Å². The van der Waals surface area contributed by atoms with Crippen molar-refractivity contribution < 1.29 is 0 Å². The highest BCUT2D eigenvalue weighted by Crippen LogP contribution is 2.49. The number of aryl methyl sites for hydroxylation is 1. The Labute approximate surface area is 119 Å². The zero-order chi connectivity index (χ0) is 13.5. The Kier molecular flexibility index (Phi) is 2.62. The van der Waals surface area contributed by atoms with Gasteiger partial charge in [-0.15, -0.1) is 0 Å². The van der Waals surface area contributed by atoms with E-state index in [1.54, 1.807) is 0 Å². The molecule has 0 saturated heterocycles. The molecule has 4 rings (SSSR count). The number of rotatable bonds is 1. The van der Waals surface area contributed by atoms with Crippen molar-refractivity contribution >= 4 is 5.69 Å². The van der Waals surface area contributed by atoms with E-state index in [1.807, 2.05) is 12.3 Å². The molecule has 0 radical (unpaired) electrons. The van der Waals surface area contributed by atoms with Crippen LogP contribution in [0.25, 0.3) is 0 Å². The Balaban J connectivity index is 1.80. The number of hydrogen-bond donors (Lipinski definition) is 1. The Morgan fingerprint density at radius 1 is 1.20 bits per heavy atom. The van der Waals surface area contributed by atoms with Gasteiger partial charge in [0.15, 0.2) is 0 Å². The molecule has 2 nitrogen and oxygen atoms in total. The van der Waals surface area contributed by atoms with E-state index in [2.05, 4.69) is 59.7 Å². The predicted molar refractivity (Wildman–Crippen MR) is 81.8 cm³/mol. The van der Waals surface area contributed by atoms with Gasteiger partial charge in [0.2, 0.25) is 0 Å². The molecule has 0 spiro atoms. The maximum absolute atomic E-state index is 4.56. The van der Waals surface area contributed by atoms with Crippen LogP contribution in [0.4, 0.5) is 5.69 Å². The van der Waals surface area contributed by atoms with E-state index in [0.717, 1.165) is 12.1 Å². The Morgan fingerprint density at radius 2 is 2.15 bits per heavy atom. The molecule has 1 aliphatic heterocycles. The van der Waals surface area contributed by atoms with Crippen molar-refractivity contribution in [1.82, 2.24) is 4.98 Å². The molecule has 1 aromatic carbocycles. The van der Waals surface area contributed by atoms with Gasteiger partial charge >= 0.3 is 0 Å². The number of hydrogen-bond acceptors (Lipinski definition) is 2. The second-order valence-corrected chi connectivity index (χ2v) is 5.82. The molecule has 20 heavy (non-hydrogen) atoms. The fourth-order valence-electron chi connectivity index (χ4n) is 3.57. The summed E-state index contributed by atoms with van der Waals surface area (Å²) >= 11 is 0. The van der Waals surface area contributed by atoms with E-state index in [-0.39, 0.29) is 0 Å². The van der Waals surface area contributed by atoms with Gasteiger partial charge in [-0.05, 0) is 43.0 Å². The van der Waals surface area contributed by atoms with Crippen LogP contribution in [0.3, 0.4) is 0 Å². The van der Waals surface area contributed by atoms with E-state index in [4.69, 9.17) is 0 Å². The predicted octanol–water partition coefficient (Wildman–Crippen LogP) is 4.22. The van der Waals surface area contributed by atoms with Crippen molar-refractivity contribution in [3.63, 3.8) is 0 Å². The first-order chi connectivity index (χ1) is 9.83. The number of allylic oxidation sites excluding steroid dienone is 2. The van der Waals surface area contributed by atoms with Gasteiger partial charge in [0.05, 0.1) is 11.7 Å². The monoisotopic (exact) mass is 262 g/mol. The molecule has 100 valence electrons. The molecule has 2 aliphatic rings. The van der Waals surface area contributed by atoms with Gasteiger partial charge in [0, 0.05) is 17.8 Å². The first-order valence-electron chi connectivity index (χ1n) is 7.27. The van der Waals surface area contributed by atoms with E-state index >= 15 is 0 Å². The quantitative estimate of drug-likeness (QED) is 0.778. The largest absolute Gasteiger partial charge is 0.376 e. The average molecular weight is 262 g/mol. The summed E-state index contributed by atoms with van der Waals surface area (Å²) in [4.78, 5) is 4.56. The second-order valence-electron chi connectivity index (χ2n) is 5.82. The molecule has 1 N–H and O–H groups in total. The smallest absolute Gasteiger partial charge is 0.0725 e. The number of benzene rings is 1. The van der Waals surface area contributed by atoms with E-state index in [0.29, 0.717) is 17.9 Å². The first-order valence-corrected chi connectivity index (χ1v) is 7.27. The third-order valence-electron chi connectivity index (χ3n) is 4.52. The lowest BCUT2D eigenvalue weighted by Crippen LogP contribution is -2.29. The van der Waals surface area contributed by atoms with Crippen molar-refractivity contribution in [3.05, 3.63) is 71.6 Å². The second kappa shape index (κ2) is 4.48. The molecular weight excluding hydrogens is 244 g/mol. The molecule has 1 aromatic heterocycles. The summed E-state index contributed by atoms with van der Waals surface area (Å²) in [5.74, 6) is 1.11. The van der Waals surface area contributed by atoms with Crippen LogP contribution in [0.15, 0.2) is 54.7 Å². The normalized spacial score (nSPS) is 26.8. The van der Waals surface area contributed by atoms with Crippen molar-refractivity contribution in [2.75, 3.05) is 5.32 Å². The lowest BCUT2D eigenvalue weighted by Gasteiger charge is -2.37. The zero-order valence-corrected chi connectivity index (χ0v) is 11.6. The van der Waals surface area contributed by atoms with Crippen molar-refractivity contribution in [2.24, 2.45) is 5.92 Å². The van der Waals surface area contributed by atoms with Crippen LogP contribution in [-0.4, -0.2) is 4.98 Å². The molecule has 0 saturated carbocycles. The van der Waals surface area contributed by atoms with Crippen LogP contribution in [0, 0.1) is 12.8 Å². The number of aromatic nitrogens is 1. The van der Waals surface area contributed by atoms with Crippen molar-refractivity contribution in [2.45, 2.75) is 25.3 Å². The maximum atomic E-state index is 4.56. The highest BCUT2D eigenvalue weighted by atomic mass is 15.0. The van der Waals surface area contributed by atoms with Gasteiger partial charge in [-0.3, -0.25) is 4.98 Å².